The van der Waals surface area contributed by atoms with Crippen LogP contribution in [0.2, 0.25) is 0 Å². The summed E-state index contributed by atoms with van der Waals surface area (Å²) < 4.78 is 3.36. The van der Waals surface area contributed by atoms with Crippen LogP contribution in [0.15, 0.2) is 69.2 Å². The first-order valence-corrected chi connectivity index (χ1v) is 8.04. The van der Waals surface area contributed by atoms with Gasteiger partial charge in [-0.1, -0.05) is 26.0 Å². The van der Waals surface area contributed by atoms with E-state index in [1.54, 1.807) is 27.5 Å². The lowest BCUT2D eigenvalue weighted by Crippen LogP contribution is -2.32. The van der Waals surface area contributed by atoms with Gasteiger partial charge >= 0.3 is 5.82 Å². The van der Waals surface area contributed by atoms with Crippen LogP contribution in [0.5, 0.6) is 0 Å². The average molecular weight is 343 g/mol. The molecule has 2 rings (SSSR count). The molecule has 0 atom stereocenters. The van der Waals surface area contributed by atoms with E-state index in [0.29, 0.717) is 23.7 Å². The SMILES string of the molecule is CC(C)C(N=Nc1cccc[n+]1CO)=NN=c1ccccn1CCO. The lowest BCUT2D eigenvalue weighted by Gasteiger charge is -2.03. The Morgan fingerprint density at radius 1 is 1.16 bits per heavy atom. The quantitative estimate of drug-likeness (QED) is 0.272. The Balaban J connectivity index is 2.34. The largest absolute Gasteiger partial charge is 0.395 e. The highest BCUT2D eigenvalue weighted by Crippen LogP contribution is 2.07. The van der Waals surface area contributed by atoms with Crippen LogP contribution in [0.1, 0.15) is 13.8 Å². The van der Waals surface area contributed by atoms with E-state index in [9.17, 15) is 5.11 Å². The first-order valence-electron chi connectivity index (χ1n) is 8.04. The second kappa shape index (κ2) is 9.55. The van der Waals surface area contributed by atoms with Gasteiger partial charge < -0.3 is 14.8 Å². The Hall–Kier alpha value is -2.71. The molecule has 0 unspecified atom stereocenters. The number of nitrogens with zero attached hydrogens (tertiary/aromatic N) is 6. The molecular formula is C17H23N6O2+. The van der Waals surface area contributed by atoms with Gasteiger partial charge in [0.1, 0.15) is 0 Å². The molecule has 0 amide bonds. The number of hydrogen-bond acceptors (Lipinski definition) is 5. The summed E-state index contributed by atoms with van der Waals surface area (Å²) in [7, 11) is 0. The van der Waals surface area contributed by atoms with E-state index in [-0.39, 0.29) is 19.3 Å². The predicted octanol–water partition coefficient (Wildman–Crippen LogP) is 1.37. The van der Waals surface area contributed by atoms with Crippen molar-refractivity contribution in [3.63, 3.8) is 0 Å². The van der Waals surface area contributed by atoms with Gasteiger partial charge in [-0.3, -0.25) is 0 Å². The average Bonchev–Trinajstić information content (AvgIpc) is 2.63. The van der Waals surface area contributed by atoms with Gasteiger partial charge in [-0.05, 0) is 23.3 Å². The third kappa shape index (κ3) is 5.40. The van der Waals surface area contributed by atoms with Crippen molar-refractivity contribution in [2.75, 3.05) is 6.61 Å². The maximum Gasteiger partial charge on any atom is 0.352 e. The highest BCUT2D eigenvalue weighted by atomic mass is 16.3. The van der Waals surface area contributed by atoms with Crippen LogP contribution in [-0.4, -0.2) is 27.2 Å². The summed E-state index contributed by atoms with van der Waals surface area (Å²) in [6.45, 7) is 4.18. The fourth-order valence-electron chi connectivity index (χ4n) is 1.99. The number of pyridine rings is 2. The number of aliphatic hydroxyl groups is 2. The molecular weight excluding hydrogens is 320 g/mol. The van der Waals surface area contributed by atoms with Crippen molar-refractivity contribution in [3.05, 3.63) is 54.3 Å². The molecule has 2 aromatic heterocycles. The molecule has 132 valence electrons. The van der Waals surface area contributed by atoms with Crippen molar-refractivity contribution in [2.24, 2.45) is 26.3 Å². The highest BCUT2D eigenvalue weighted by molar-refractivity contribution is 5.84. The first-order chi connectivity index (χ1) is 12.2. The van der Waals surface area contributed by atoms with Crippen LogP contribution < -0.4 is 10.1 Å². The van der Waals surface area contributed by atoms with Gasteiger partial charge in [-0.15, -0.1) is 10.2 Å². The van der Waals surface area contributed by atoms with Crippen LogP contribution in [0.3, 0.4) is 0 Å². The van der Waals surface area contributed by atoms with Crippen molar-refractivity contribution in [3.8, 4) is 0 Å². The van der Waals surface area contributed by atoms with E-state index in [1.165, 1.54) is 0 Å². The molecule has 0 aliphatic carbocycles. The van der Waals surface area contributed by atoms with Gasteiger partial charge in [-0.2, -0.15) is 0 Å². The van der Waals surface area contributed by atoms with Gasteiger partial charge in [-0.25, -0.2) is 4.57 Å². The fourth-order valence-corrected chi connectivity index (χ4v) is 1.99. The number of rotatable bonds is 6. The Morgan fingerprint density at radius 2 is 1.96 bits per heavy atom. The van der Waals surface area contributed by atoms with Crippen LogP contribution in [0.25, 0.3) is 0 Å². The lowest BCUT2D eigenvalue weighted by atomic mass is 10.2. The minimum Gasteiger partial charge on any atom is -0.395 e. The number of aromatic nitrogens is 2. The van der Waals surface area contributed by atoms with E-state index < -0.39 is 0 Å². The van der Waals surface area contributed by atoms with Gasteiger partial charge in [0.2, 0.25) is 5.84 Å². The lowest BCUT2D eigenvalue weighted by molar-refractivity contribution is -0.718. The number of hydrogen-bond donors (Lipinski definition) is 2. The molecule has 2 N–H and O–H groups in total. The van der Waals surface area contributed by atoms with Crippen molar-refractivity contribution in [2.45, 2.75) is 27.1 Å². The first kappa shape index (κ1) is 18.6. The van der Waals surface area contributed by atoms with Gasteiger partial charge in [0.15, 0.2) is 12.2 Å². The minimum absolute atomic E-state index is 0.0207. The molecule has 0 aliphatic rings. The number of amidine groups is 1. The van der Waals surface area contributed by atoms with Crippen molar-refractivity contribution < 1.29 is 14.8 Å². The van der Waals surface area contributed by atoms with Crippen LogP contribution in [-0.2, 0) is 13.3 Å². The zero-order valence-corrected chi connectivity index (χ0v) is 14.4. The topological polar surface area (TPSA) is 98.7 Å². The van der Waals surface area contributed by atoms with Crippen molar-refractivity contribution in [1.82, 2.24) is 4.57 Å². The summed E-state index contributed by atoms with van der Waals surface area (Å²) in [4.78, 5) is 0. The molecule has 0 aromatic carbocycles. The Kier molecular flexibility index (Phi) is 7.12. The normalized spacial score (nSPS) is 13.2. The minimum atomic E-state index is -0.182. The molecule has 0 radical (unpaired) electrons. The van der Waals surface area contributed by atoms with Crippen molar-refractivity contribution >= 4 is 11.7 Å². The monoisotopic (exact) mass is 343 g/mol. The zero-order valence-electron chi connectivity index (χ0n) is 14.4. The molecule has 2 aromatic rings. The summed E-state index contributed by atoms with van der Waals surface area (Å²) in [5.41, 5.74) is 0.620. The maximum atomic E-state index is 9.32. The summed E-state index contributed by atoms with van der Waals surface area (Å²) in [5.74, 6) is 1.01. The molecule has 0 spiro atoms. The van der Waals surface area contributed by atoms with Crippen LogP contribution >= 0.6 is 0 Å². The fraction of sp³-hybridized carbons (Fsp3) is 0.353. The third-order valence-electron chi connectivity index (χ3n) is 3.35. The second-order valence-electron chi connectivity index (χ2n) is 5.56. The highest BCUT2D eigenvalue weighted by Gasteiger charge is 2.11. The summed E-state index contributed by atoms with van der Waals surface area (Å²) in [5, 5.41) is 35.2. The Morgan fingerprint density at radius 3 is 2.68 bits per heavy atom. The molecule has 25 heavy (non-hydrogen) atoms. The van der Waals surface area contributed by atoms with Crippen molar-refractivity contribution in [1.29, 1.82) is 0 Å². The molecule has 0 saturated carbocycles. The molecule has 8 heteroatoms. The summed E-state index contributed by atoms with van der Waals surface area (Å²) in [6.07, 6.45) is 3.54. The Labute approximate surface area is 146 Å². The number of azo groups is 1. The predicted molar refractivity (Wildman–Crippen MR) is 92.7 cm³/mol. The zero-order chi connectivity index (χ0) is 18.1. The Bertz CT molecular complexity index is 811. The standard InChI is InChI=1S/C17H23N6O2/c1-14(2)17(21-19-16-8-4-6-10-23(16)13-25)20-18-15-7-3-5-9-22(15)11-12-24/h3-10,14,24-25H,11-13H2,1-2H3/q+1. The number of aliphatic hydroxyl groups excluding tert-OH is 2. The third-order valence-corrected chi connectivity index (χ3v) is 3.35. The maximum absolute atomic E-state index is 9.32. The van der Waals surface area contributed by atoms with E-state index in [4.69, 9.17) is 5.11 Å². The molecule has 0 fully saturated rings. The molecule has 0 saturated heterocycles. The summed E-state index contributed by atoms with van der Waals surface area (Å²) in [6, 6.07) is 10.9. The van der Waals surface area contributed by atoms with E-state index >= 15 is 0 Å². The molecule has 0 aliphatic heterocycles. The van der Waals surface area contributed by atoms with E-state index in [1.807, 2.05) is 44.3 Å². The van der Waals surface area contributed by atoms with Crippen LogP contribution in [0, 0.1) is 5.92 Å². The van der Waals surface area contributed by atoms with Gasteiger partial charge in [0, 0.05) is 24.7 Å². The van der Waals surface area contributed by atoms with Gasteiger partial charge in [0.25, 0.3) is 0 Å². The van der Waals surface area contributed by atoms with E-state index in [0.717, 1.165) is 0 Å². The molecule has 0 bridgehead atoms. The smallest absolute Gasteiger partial charge is 0.352 e. The van der Waals surface area contributed by atoms with Gasteiger partial charge in [0.05, 0.1) is 17.9 Å². The molecule has 8 nitrogen and oxygen atoms in total. The van der Waals surface area contributed by atoms with Crippen LogP contribution in [0.4, 0.5) is 5.82 Å². The second-order valence-corrected chi connectivity index (χ2v) is 5.56. The molecule has 2 heterocycles. The van der Waals surface area contributed by atoms with E-state index in [2.05, 4.69) is 20.4 Å². The summed E-state index contributed by atoms with van der Waals surface area (Å²) >= 11 is 0.